The highest BCUT2D eigenvalue weighted by Gasteiger charge is 2.33. The number of ether oxygens (including phenoxy) is 3. The van der Waals surface area contributed by atoms with Crippen LogP contribution in [0.5, 0.6) is 23.2 Å². The van der Waals surface area contributed by atoms with Crippen LogP contribution in [0, 0.1) is 0 Å². The third-order valence-corrected chi connectivity index (χ3v) is 6.12. The summed E-state index contributed by atoms with van der Waals surface area (Å²) in [6.07, 6.45) is 0.181. The lowest BCUT2D eigenvalue weighted by Gasteiger charge is -2.22. The number of hydrogen-bond donors (Lipinski definition) is 1. The number of hydrogen-bond acceptors (Lipinski definition) is 8. The topological polar surface area (TPSA) is 114 Å². The van der Waals surface area contributed by atoms with E-state index in [2.05, 4.69) is 4.99 Å². The predicted octanol–water partition coefficient (Wildman–Crippen LogP) is 2.05. The lowest BCUT2D eigenvalue weighted by molar-refractivity contribution is 0.281. The quantitative estimate of drug-likeness (QED) is 0.755. The Hall–Kier alpha value is -2.65. The monoisotopic (exact) mass is 407 g/mol. The first-order valence-electron chi connectivity index (χ1n) is 8.52. The van der Waals surface area contributed by atoms with Crippen molar-refractivity contribution in [2.75, 3.05) is 33.6 Å². The molecule has 1 aromatic heterocycles. The van der Waals surface area contributed by atoms with Gasteiger partial charge in [-0.05, 0) is 23.3 Å². The fourth-order valence-electron chi connectivity index (χ4n) is 3.09. The van der Waals surface area contributed by atoms with Crippen LogP contribution in [0.2, 0.25) is 0 Å². The van der Waals surface area contributed by atoms with Crippen LogP contribution < -0.4 is 19.8 Å². The molecule has 2 unspecified atom stereocenters. The molecule has 0 radical (unpaired) electrons. The first-order chi connectivity index (χ1) is 13.5. The van der Waals surface area contributed by atoms with Gasteiger partial charge < -0.3 is 28.3 Å². The van der Waals surface area contributed by atoms with Crippen LogP contribution in [0.4, 0.5) is 0 Å². The molecule has 0 spiro atoms. The van der Waals surface area contributed by atoms with E-state index < -0.39 is 22.1 Å². The van der Waals surface area contributed by atoms with Crippen molar-refractivity contribution in [1.29, 1.82) is 0 Å². The second-order valence-electron chi connectivity index (χ2n) is 6.03. The Morgan fingerprint density at radius 2 is 2.00 bits per heavy atom. The molecule has 28 heavy (non-hydrogen) atoms. The fourth-order valence-corrected chi connectivity index (χ4v) is 4.47. The van der Waals surface area contributed by atoms with Crippen molar-refractivity contribution >= 4 is 16.9 Å². The van der Waals surface area contributed by atoms with Gasteiger partial charge in [0.15, 0.2) is 0 Å². The van der Waals surface area contributed by atoms with Crippen LogP contribution in [0.25, 0.3) is 0 Å². The number of aliphatic imine (C=N–C) groups is 1. The Bertz CT molecular complexity index is 940. The fraction of sp³-hybridized carbons (Fsp3) is 0.368. The van der Waals surface area contributed by atoms with Crippen LogP contribution in [0.3, 0.4) is 0 Å². The summed E-state index contributed by atoms with van der Waals surface area (Å²) < 4.78 is 33.4. The van der Waals surface area contributed by atoms with E-state index in [1.165, 1.54) is 20.3 Å². The Balaban J connectivity index is 2.02. The number of methoxy groups -OCH3 is 3. The highest BCUT2D eigenvalue weighted by Crippen LogP contribution is 2.38. The highest BCUT2D eigenvalue weighted by molar-refractivity contribution is 7.91. The van der Waals surface area contributed by atoms with Gasteiger partial charge in [-0.25, -0.2) is 4.79 Å². The van der Waals surface area contributed by atoms with Gasteiger partial charge >= 0.3 is 5.63 Å². The molecule has 0 amide bonds. The largest absolute Gasteiger partial charge is 0.616 e. The smallest absolute Gasteiger partial charge is 0.351 e. The summed E-state index contributed by atoms with van der Waals surface area (Å²) in [4.78, 5) is 16.7. The maximum absolute atomic E-state index is 12.9. The van der Waals surface area contributed by atoms with Crippen molar-refractivity contribution in [1.82, 2.24) is 0 Å². The minimum atomic E-state index is -1.25. The zero-order valence-electron chi connectivity index (χ0n) is 15.8. The molecule has 0 aliphatic carbocycles. The minimum Gasteiger partial charge on any atom is -0.616 e. The predicted molar refractivity (Wildman–Crippen MR) is 105 cm³/mol. The molecule has 2 heterocycles. The normalized spacial score (nSPS) is 19.5. The third kappa shape index (κ3) is 3.95. The van der Waals surface area contributed by atoms with Crippen molar-refractivity contribution in [3.8, 4) is 23.2 Å². The van der Waals surface area contributed by atoms with E-state index in [0.717, 1.165) is 0 Å². The summed E-state index contributed by atoms with van der Waals surface area (Å²) in [5, 5.41) is 9.83. The van der Waals surface area contributed by atoms with Crippen molar-refractivity contribution in [3.63, 3.8) is 0 Å². The van der Waals surface area contributed by atoms with E-state index in [1.807, 2.05) is 0 Å². The zero-order chi connectivity index (χ0) is 20.3. The average Bonchev–Trinajstić information content (AvgIpc) is 2.88. The van der Waals surface area contributed by atoms with E-state index in [4.69, 9.17) is 18.6 Å². The van der Waals surface area contributed by atoms with Gasteiger partial charge in [0, 0.05) is 18.1 Å². The molecule has 2 aromatic rings. The Morgan fingerprint density at radius 3 is 2.64 bits per heavy atom. The summed E-state index contributed by atoms with van der Waals surface area (Å²) in [5.74, 6) is 1.08. The van der Waals surface area contributed by atoms with Gasteiger partial charge in [-0.2, -0.15) is 0 Å². The van der Waals surface area contributed by atoms with Crippen LogP contribution in [0.15, 0.2) is 38.5 Å². The molecule has 1 aromatic carbocycles. The molecule has 0 saturated heterocycles. The molecular weight excluding hydrogens is 386 g/mol. The van der Waals surface area contributed by atoms with Crippen molar-refractivity contribution < 1.29 is 28.3 Å². The van der Waals surface area contributed by atoms with E-state index in [1.54, 1.807) is 25.3 Å². The number of rotatable bonds is 5. The van der Waals surface area contributed by atoms with E-state index in [-0.39, 0.29) is 30.2 Å². The lowest BCUT2D eigenvalue weighted by Crippen LogP contribution is -2.21. The second-order valence-corrected chi connectivity index (χ2v) is 7.77. The summed E-state index contributed by atoms with van der Waals surface area (Å²) in [6.45, 7) is 0.266. The first kappa shape index (κ1) is 20.1. The maximum Gasteiger partial charge on any atom is 0.351 e. The molecule has 1 aliphatic heterocycles. The first-order valence-corrected chi connectivity index (χ1v) is 9.90. The van der Waals surface area contributed by atoms with E-state index in [0.29, 0.717) is 28.5 Å². The van der Waals surface area contributed by atoms with Gasteiger partial charge in [-0.15, -0.1) is 0 Å². The van der Waals surface area contributed by atoms with Gasteiger partial charge in [-0.1, -0.05) is 0 Å². The van der Waals surface area contributed by atoms with E-state index in [9.17, 15) is 14.5 Å². The molecule has 3 rings (SSSR count). The van der Waals surface area contributed by atoms with E-state index >= 15 is 0 Å². The summed E-state index contributed by atoms with van der Waals surface area (Å²) in [6, 6.07) is 6.48. The highest BCUT2D eigenvalue weighted by atomic mass is 32.2. The molecule has 0 saturated carbocycles. The summed E-state index contributed by atoms with van der Waals surface area (Å²) in [5.41, 5.74) is 0.247. The van der Waals surface area contributed by atoms with Gasteiger partial charge in [-0.3, -0.25) is 4.99 Å². The number of nitrogens with zero attached hydrogens (tertiary/aromatic N) is 1. The molecule has 0 fully saturated rings. The number of benzene rings is 1. The van der Waals surface area contributed by atoms with Crippen molar-refractivity contribution in [3.05, 3.63) is 45.8 Å². The summed E-state index contributed by atoms with van der Waals surface area (Å²) in [7, 11) is 4.40. The number of aromatic hydroxyl groups is 1. The SMILES string of the molecule is COc1ccc(C2CC(c3c(O)cc(OC)oc3=O)=NCC[S+]2[O-])c(OC)c1. The van der Waals surface area contributed by atoms with Gasteiger partial charge in [0.25, 0.3) is 5.95 Å². The maximum atomic E-state index is 12.9. The van der Waals surface area contributed by atoms with Crippen LogP contribution in [-0.4, -0.2) is 49.0 Å². The Morgan fingerprint density at radius 1 is 1.21 bits per heavy atom. The molecule has 1 aliphatic rings. The molecular formula is C19H21NO7S. The zero-order valence-corrected chi connectivity index (χ0v) is 16.6. The van der Waals surface area contributed by atoms with Gasteiger partial charge in [0.2, 0.25) is 0 Å². The van der Waals surface area contributed by atoms with Gasteiger partial charge in [0.1, 0.15) is 33.8 Å². The second kappa shape index (κ2) is 8.57. The molecule has 9 heteroatoms. The lowest BCUT2D eigenvalue weighted by atomic mass is 10.0. The standard InChI is InChI=1S/C19H21NO7S/c1-24-11-4-5-12(15(8-11)25-2)16-9-13(20-6-7-28(16)23)18-14(21)10-17(26-3)27-19(18)22/h4-5,8,10,16,21H,6-7,9H2,1-3H3. The average molecular weight is 407 g/mol. The van der Waals surface area contributed by atoms with Crippen LogP contribution in [-0.2, 0) is 11.2 Å². The minimum absolute atomic E-state index is 0.0443. The van der Waals surface area contributed by atoms with Crippen molar-refractivity contribution in [2.45, 2.75) is 11.7 Å². The Labute approximate surface area is 164 Å². The van der Waals surface area contributed by atoms with Crippen LogP contribution >= 0.6 is 0 Å². The van der Waals surface area contributed by atoms with Crippen molar-refractivity contribution in [2.24, 2.45) is 4.99 Å². The molecule has 1 N–H and O–H groups in total. The molecule has 2 atom stereocenters. The molecule has 0 bridgehead atoms. The Kier molecular flexibility index (Phi) is 6.15. The van der Waals surface area contributed by atoms with Gasteiger partial charge in [0.05, 0.1) is 39.7 Å². The third-order valence-electron chi connectivity index (χ3n) is 4.48. The molecule has 8 nitrogen and oxygen atoms in total. The summed E-state index contributed by atoms with van der Waals surface area (Å²) >= 11 is -1.25. The molecule has 150 valence electrons. The van der Waals surface area contributed by atoms with Crippen LogP contribution in [0.1, 0.15) is 22.8 Å².